The van der Waals surface area contributed by atoms with Crippen LogP contribution in [0.5, 0.6) is 5.75 Å². The zero-order valence-electron chi connectivity index (χ0n) is 9.01. The average Bonchev–Trinajstić information content (AvgIpc) is 2.23. The molecule has 0 bridgehead atoms. The summed E-state index contributed by atoms with van der Waals surface area (Å²) in [6, 6.07) is 3.84. The molecule has 0 saturated heterocycles. The van der Waals surface area contributed by atoms with Gasteiger partial charge in [0.2, 0.25) is 0 Å². The van der Waals surface area contributed by atoms with Gasteiger partial charge in [0.1, 0.15) is 5.75 Å². The lowest BCUT2D eigenvalue weighted by Gasteiger charge is -2.10. The smallest absolute Gasteiger partial charge is 0.122 e. The Morgan fingerprint density at radius 1 is 1.47 bits per heavy atom. The van der Waals surface area contributed by atoms with Crippen molar-refractivity contribution in [2.45, 2.75) is 13.3 Å². The number of methoxy groups -OCH3 is 1. The molecule has 0 spiro atoms. The third kappa shape index (κ3) is 3.38. The van der Waals surface area contributed by atoms with Crippen molar-refractivity contribution in [3.8, 4) is 5.75 Å². The zero-order valence-corrected chi connectivity index (χ0v) is 9.77. The summed E-state index contributed by atoms with van der Waals surface area (Å²) >= 11 is 6.03. The molecular weight excluding hydrogens is 214 g/mol. The summed E-state index contributed by atoms with van der Waals surface area (Å²) in [5.74, 6) is 0.844. The van der Waals surface area contributed by atoms with E-state index < -0.39 is 0 Å². The van der Waals surface area contributed by atoms with Crippen LogP contribution in [-0.2, 0) is 6.42 Å². The molecule has 3 nitrogen and oxygen atoms in total. The van der Waals surface area contributed by atoms with Crippen molar-refractivity contribution in [3.63, 3.8) is 0 Å². The topological polar surface area (TPSA) is 41.5 Å². The zero-order chi connectivity index (χ0) is 11.3. The van der Waals surface area contributed by atoms with Gasteiger partial charge in [-0.1, -0.05) is 11.6 Å². The van der Waals surface area contributed by atoms with Crippen molar-refractivity contribution in [1.29, 1.82) is 0 Å². The average molecular weight is 230 g/mol. The first-order chi connectivity index (χ1) is 7.19. The SMILES string of the molecule is COc1cc(C)c(Cl)cc1CCNCO. The molecule has 0 amide bonds. The van der Waals surface area contributed by atoms with Crippen LogP contribution in [0.3, 0.4) is 0 Å². The van der Waals surface area contributed by atoms with Gasteiger partial charge in [-0.05, 0) is 36.6 Å². The monoisotopic (exact) mass is 229 g/mol. The fraction of sp³-hybridized carbons (Fsp3) is 0.455. The molecule has 1 rings (SSSR count). The van der Waals surface area contributed by atoms with Gasteiger partial charge in [0.05, 0.1) is 13.8 Å². The Kier molecular flexibility index (Phi) is 4.88. The Morgan fingerprint density at radius 2 is 2.20 bits per heavy atom. The molecule has 2 N–H and O–H groups in total. The number of aryl methyl sites for hydroxylation is 1. The number of aliphatic hydroxyl groups excluding tert-OH is 1. The van der Waals surface area contributed by atoms with Crippen LogP contribution in [-0.4, -0.2) is 25.5 Å². The van der Waals surface area contributed by atoms with Crippen LogP contribution in [0.4, 0.5) is 0 Å². The highest BCUT2D eigenvalue weighted by Crippen LogP contribution is 2.26. The Bertz CT molecular complexity index is 329. The van der Waals surface area contributed by atoms with Crippen molar-refractivity contribution in [2.75, 3.05) is 20.4 Å². The van der Waals surface area contributed by atoms with E-state index in [1.54, 1.807) is 7.11 Å². The van der Waals surface area contributed by atoms with E-state index in [2.05, 4.69) is 5.32 Å². The standard InChI is InChI=1S/C11H16ClNO2/c1-8-5-11(15-2)9(6-10(8)12)3-4-13-7-14/h5-6,13-14H,3-4,7H2,1-2H3. The highest BCUT2D eigenvalue weighted by molar-refractivity contribution is 6.31. The van der Waals surface area contributed by atoms with Crippen molar-refractivity contribution < 1.29 is 9.84 Å². The first kappa shape index (κ1) is 12.3. The molecule has 0 atom stereocenters. The van der Waals surface area contributed by atoms with Gasteiger partial charge in [0.15, 0.2) is 0 Å². The number of nitrogens with one attached hydrogen (secondary N) is 1. The molecule has 0 aromatic heterocycles. The summed E-state index contributed by atoms with van der Waals surface area (Å²) in [5.41, 5.74) is 2.06. The molecule has 0 unspecified atom stereocenters. The quantitative estimate of drug-likeness (QED) is 0.597. The van der Waals surface area contributed by atoms with Gasteiger partial charge in [-0.25, -0.2) is 0 Å². The summed E-state index contributed by atoms with van der Waals surface area (Å²) in [4.78, 5) is 0. The maximum absolute atomic E-state index is 8.60. The molecular formula is C11H16ClNO2. The number of ether oxygens (including phenoxy) is 1. The molecule has 0 saturated carbocycles. The Balaban J connectivity index is 2.80. The predicted molar refractivity (Wildman–Crippen MR) is 61.5 cm³/mol. The first-order valence-corrected chi connectivity index (χ1v) is 5.21. The molecule has 0 aliphatic carbocycles. The highest BCUT2D eigenvalue weighted by atomic mass is 35.5. The van der Waals surface area contributed by atoms with Crippen molar-refractivity contribution >= 4 is 11.6 Å². The van der Waals surface area contributed by atoms with E-state index in [-0.39, 0.29) is 6.73 Å². The molecule has 0 aliphatic heterocycles. The number of halogens is 1. The first-order valence-electron chi connectivity index (χ1n) is 4.83. The van der Waals surface area contributed by atoms with Gasteiger partial charge in [-0.2, -0.15) is 0 Å². The lowest BCUT2D eigenvalue weighted by atomic mass is 10.1. The fourth-order valence-corrected chi connectivity index (χ4v) is 1.57. The number of hydrogen-bond acceptors (Lipinski definition) is 3. The van der Waals surface area contributed by atoms with Crippen LogP contribution in [0.25, 0.3) is 0 Å². The number of benzene rings is 1. The van der Waals surface area contributed by atoms with E-state index >= 15 is 0 Å². The van der Waals surface area contributed by atoms with Crippen LogP contribution in [0.2, 0.25) is 5.02 Å². The van der Waals surface area contributed by atoms with E-state index in [1.807, 2.05) is 19.1 Å². The largest absolute Gasteiger partial charge is 0.496 e. The highest BCUT2D eigenvalue weighted by Gasteiger charge is 2.06. The van der Waals surface area contributed by atoms with Gasteiger partial charge < -0.3 is 9.84 Å². The van der Waals surface area contributed by atoms with E-state index in [4.69, 9.17) is 21.4 Å². The van der Waals surface area contributed by atoms with Crippen LogP contribution >= 0.6 is 11.6 Å². The van der Waals surface area contributed by atoms with E-state index in [1.165, 1.54) is 0 Å². The number of aliphatic hydroxyl groups is 1. The Morgan fingerprint density at radius 3 is 2.80 bits per heavy atom. The van der Waals surface area contributed by atoms with Crippen LogP contribution < -0.4 is 10.1 Å². The third-order valence-electron chi connectivity index (χ3n) is 2.24. The molecule has 0 radical (unpaired) electrons. The van der Waals surface area contributed by atoms with Gasteiger partial charge in [-0.15, -0.1) is 0 Å². The van der Waals surface area contributed by atoms with Gasteiger partial charge in [0.25, 0.3) is 0 Å². The minimum Gasteiger partial charge on any atom is -0.496 e. The molecule has 1 aromatic carbocycles. The minimum absolute atomic E-state index is 0.0120. The van der Waals surface area contributed by atoms with Crippen LogP contribution in [0.1, 0.15) is 11.1 Å². The van der Waals surface area contributed by atoms with Crippen LogP contribution in [0, 0.1) is 6.92 Å². The van der Waals surface area contributed by atoms with Gasteiger partial charge in [-0.3, -0.25) is 5.32 Å². The maximum Gasteiger partial charge on any atom is 0.122 e. The molecule has 4 heteroatoms. The Labute approximate surface area is 95.0 Å². The summed E-state index contributed by atoms with van der Waals surface area (Å²) in [5, 5.41) is 12.2. The van der Waals surface area contributed by atoms with E-state index in [9.17, 15) is 0 Å². The molecule has 0 heterocycles. The minimum atomic E-state index is -0.0120. The maximum atomic E-state index is 8.60. The van der Waals surface area contributed by atoms with E-state index in [0.717, 1.165) is 28.3 Å². The van der Waals surface area contributed by atoms with Gasteiger partial charge >= 0.3 is 0 Å². The predicted octanol–water partition coefficient (Wildman–Crippen LogP) is 1.74. The molecule has 0 aliphatic rings. The van der Waals surface area contributed by atoms with E-state index in [0.29, 0.717) is 6.54 Å². The molecule has 15 heavy (non-hydrogen) atoms. The third-order valence-corrected chi connectivity index (χ3v) is 2.65. The second-order valence-electron chi connectivity index (χ2n) is 3.32. The summed E-state index contributed by atoms with van der Waals surface area (Å²) in [6.07, 6.45) is 0.781. The lowest BCUT2D eigenvalue weighted by Crippen LogP contribution is -2.18. The summed E-state index contributed by atoms with van der Waals surface area (Å²) in [7, 11) is 1.64. The summed E-state index contributed by atoms with van der Waals surface area (Å²) in [6.45, 7) is 2.63. The number of rotatable bonds is 5. The van der Waals surface area contributed by atoms with Crippen molar-refractivity contribution in [2.24, 2.45) is 0 Å². The number of hydrogen-bond donors (Lipinski definition) is 2. The van der Waals surface area contributed by atoms with Crippen LogP contribution in [0.15, 0.2) is 12.1 Å². The van der Waals surface area contributed by atoms with Crippen molar-refractivity contribution in [3.05, 3.63) is 28.3 Å². The second kappa shape index (κ2) is 5.95. The Hall–Kier alpha value is -0.770. The second-order valence-corrected chi connectivity index (χ2v) is 3.73. The molecule has 0 fully saturated rings. The normalized spacial score (nSPS) is 10.4. The fourth-order valence-electron chi connectivity index (χ4n) is 1.38. The van der Waals surface area contributed by atoms with Gasteiger partial charge in [0, 0.05) is 11.6 Å². The summed E-state index contributed by atoms with van der Waals surface area (Å²) < 4.78 is 5.26. The van der Waals surface area contributed by atoms with Crippen molar-refractivity contribution in [1.82, 2.24) is 5.32 Å². The lowest BCUT2D eigenvalue weighted by molar-refractivity contribution is 0.261. The molecule has 1 aromatic rings. The molecule has 84 valence electrons.